The van der Waals surface area contributed by atoms with Gasteiger partial charge in [0.15, 0.2) is 42.3 Å². The number of isothiocyanates is 1. The number of carbonyl (C=O) groups excluding carboxylic acids is 3. The number of nitriles is 1. The van der Waals surface area contributed by atoms with E-state index in [1.165, 1.54) is 121 Å². The maximum atomic E-state index is 13.5. The monoisotopic (exact) mass is 2230 g/mol. The first-order chi connectivity index (χ1) is 70.9. The van der Waals surface area contributed by atoms with E-state index >= 15 is 0 Å². The molecule has 5 heterocycles. The van der Waals surface area contributed by atoms with Crippen LogP contribution in [0.4, 0.5) is 36.4 Å². The van der Waals surface area contributed by atoms with E-state index in [4.69, 9.17) is 134 Å². The molecular weight excluding hydrogens is 2150 g/mol. The Morgan fingerprint density at radius 2 is 0.810 bits per heavy atom. The molecule has 0 spiro atoms. The standard InChI is InChI=1S/C24H18ClFN4S.C20H19ClFN3OS.C18H13ClFN3S.C15H10ClFN2S.C8H6BrFO.C8H6FN3O.C8H8FNO.C7H4ClNS/c25-17-7-11-19(12-8-17)30-22(16-5-9-18(26)10-6-16)15-29(24(30)31)14-13-23-27-20-3-1-2-4-21(20)28-23;1-2-26-19(23)11-12-24-13-18(14-3-7-16(22)8-4-14)25(20(24)27)17-9-5-15(21)6-10-17;19-14-4-8-16(9-5-14)23-17(13-2-6-15(20)7-3-13)12-22(18(23)24)11-1-10-21;16-11-3-7-13(8-4-11)19-14(9-18-15(19)20)10-1-5-12(17)6-2-10;9-5-8(11)6-1-3-7(10)4-2-6;9-7-3-1-6(2-4-7)8(13)5-11-12-10;9-7-3-1-6(2-4-7)8(11)5-10;8-6-1-3-7(4-2-6)9-5-10/h1-12,15H,13-14H2,(H,27,28);3-10,13,23H,2,11-12H2,1H3;2-9,12H,1,11H2;1-9H,(H,18,20);1-4H,5H2;1-4H,5H2;1-4H,5,10H2;1-4H. The molecule has 746 valence electrons. The molecule has 0 unspecified atom stereocenters. The van der Waals surface area contributed by atoms with E-state index in [9.17, 15) is 45.1 Å². The highest BCUT2D eigenvalue weighted by Gasteiger charge is 2.20. The van der Waals surface area contributed by atoms with Crippen molar-refractivity contribution in [2.24, 2.45) is 15.8 Å². The lowest BCUT2D eigenvalue weighted by Gasteiger charge is -2.09. The first-order valence-electron chi connectivity index (χ1n) is 44.2. The molecule has 0 aliphatic heterocycles. The Balaban J connectivity index is 0.000000165. The number of nitrogens with zero attached hydrogens (tertiary/aromatic N) is 13. The summed E-state index contributed by atoms with van der Waals surface area (Å²) in [6, 6.07) is 87.9. The number of halogens is 13. The second kappa shape index (κ2) is 56.9. The molecule has 5 aromatic heterocycles. The van der Waals surface area contributed by atoms with Crippen molar-refractivity contribution in [3.63, 3.8) is 0 Å². The van der Waals surface area contributed by atoms with Gasteiger partial charge in [0.05, 0.1) is 82.2 Å². The number of benzene rings is 13. The summed E-state index contributed by atoms with van der Waals surface area (Å²) < 4.78 is 111. The van der Waals surface area contributed by atoms with Gasteiger partial charge in [0.25, 0.3) is 0 Å². The van der Waals surface area contributed by atoms with E-state index in [0.717, 1.165) is 90.3 Å². The van der Waals surface area contributed by atoms with Gasteiger partial charge in [-0.05, 0) is 377 Å². The van der Waals surface area contributed by atoms with Crippen molar-refractivity contribution < 1.29 is 49.9 Å². The van der Waals surface area contributed by atoms with Crippen molar-refractivity contribution in [3.8, 4) is 73.8 Å². The second-order valence-corrected chi connectivity index (χ2v) is 35.3. The molecule has 0 atom stereocenters. The van der Waals surface area contributed by atoms with Crippen LogP contribution in [0.2, 0.25) is 25.1 Å². The number of fused-ring (bicyclic) bond motifs is 1. The van der Waals surface area contributed by atoms with Gasteiger partial charge in [-0.1, -0.05) is 91.2 Å². The highest BCUT2D eigenvalue weighted by molar-refractivity contribution is 9.09. The van der Waals surface area contributed by atoms with Crippen molar-refractivity contribution in [2.45, 2.75) is 45.8 Å². The van der Waals surface area contributed by atoms with Crippen LogP contribution in [-0.2, 0) is 30.8 Å². The molecule has 0 aliphatic rings. The lowest BCUT2D eigenvalue weighted by molar-refractivity contribution is 0.0993. The van der Waals surface area contributed by atoms with Gasteiger partial charge in [0, 0.05) is 149 Å². The van der Waals surface area contributed by atoms with Gasteiger partial charge in [0.2, 0.25) is 0 Å². The molecule has 147 heavy (non-hydrogen) atoms. The zero-order valence-corrected chi connectivity index (χ0v) is 86.8. The molecule has 39 heteroatoms. The molecule has 13 aromatic carbocycles. The fourth-order valence-electron chi connectivity index (χ4n) is 13.8. The summed E-state index contributed by atoms with van der Waals surface area (Å²) in [4.78, 5) is 50.2. The lowest BCUT2D eigenvalue weighted by Crippen LogP contribution is -2.13. The lowest BCUT2D eigenvalue weighted by atomic mass is 10.1. The number of azide groups is 1. The van der Waals surface area contributed by atoms with Crippen LogP contribution in [0, 0.1) is 76.5 Å². The van der Waals surface area contributed by atoms with Gasteiger partial charge in [-0.2, -0.15) is 10.3 Å². The van der Waals surface area contributed by atoms with Crippen LogP contribution in [0.3, 0.4) is 0 Å². The Morgan fingerprint density at radius 3 is 1.16 bits per heavy atom. The molecule has 0 saturated heterocycles. The van der Waals surface area contributed by atoms with Crippen LogP contribution >= 0.6 is 135 Å². The van der Waals surface area contributed by atoms with Gasteiger partial charge in [-0.3, -0.25) is 38.1 Å². The number of rotatable bonds is 25. The average Bonchev–Trinajstić information content (AvgIpc) is 1.64. The minimum Gasteiger partial charge on any atom is -0.481 e. The Bertz CT molecular complexity index is 7830. The van der Waals surface area contributed by atoms with E-state index in [-0.39, 0.29) is 76.6 Å². The summed E-state index contributed by atoms with van der Waals surface area (Å²) in [5, 5.41) is 25.6. The molecular formula is C108H84BrCl5F7N17O4S5. The van der Waals surface area contributed by atoms with Crippen LogP contribution in [0.1, 0.15) is 56.7 Å². The summed E-state index contributed by atoms with van der Waals surface area (Å²) in [5.74, 6) is -1.60. The average molecular weight is 2230 g/mol. The molecule has 5 N–H and O–H groups in total. The molecule has 0 amide bonds. The fourth-order valence-corrected chi connectivity index (χ4v) is 16.2. The molecule has 0 bridgehead atoms. The number of aliphatic imine (C=N–C) groups is 1. The van der Waals surface area contributed by atoms with Crippen molar-refractivity contribution in [2.75, 3.05) is 25.0 Å². The van der Waals surface area contributed by atoms with Gasteiger partial charge in [-0.25, -0.2) is 35.7 Å². The number of ketones is 3. The molecule has 0 aliphatic carbocycles. The van der Waals surface area contributed by atoms with E-state index in [0.29, 0.717) is 106 Å². The van der Waals surface area contributed by atoms with E-state index < -0.39 is 5.82 Å². The minimum atomic E-state index is -0.402. The van der Waals surface area contributed by atoms with Crippen molar-refractivity contribution >= 4 is 180 Å². The number of aromatic amines is 2. The first-order valence-corrected chi connectivity index (χ1v) is 49.2. The van der Waals surface area contributed by atoms with Crippen molar-refractivity contribution in [3.05, 3.63) is 458 Å². The number of hydrogen-bond donors (Lipinski definition) is 4. The predicted octanol–water partition coefficient (Wildman–Crippen LogP) is 31.6. The largest absolute Gasteiger partial charge is 0.481 e. The van der Waals surface area contributed by atoms with Gasteiger partial charge >= 0.3 is 0 Å². The Morgan fingerprint density at radius 1 is 0.469 bits per heavy atom. The number of thiocarbonyl (C=S) groups is 1. The third-order valence-corrected chi connectivity index (χ3v) is 24.4. The van der Waals surface area contributed by atoms with Crippen LogP contribution in [0.25, 0.3) is 89.3 Å². The number of H-pyrrole nitrogens is 2. The summed E-state index contributed by atoms with van der Waals surface area (Å²) >= 11 is 59.4. The maximum Gasteiger partial charge on any atom is 0.185 e. The van der Waals surface area contributed by atoms with Crippen LogP contribution in [0.15, 0.2) is 350 Å². The van der Waals surface area contributed by atoms with Gasteiger partial charge < -0.3 is 34.1 Å². The zero-order chi connectivity index (χ0) is 106. The second-order valence-electron chi connectivity index (χ2n) is 30.9. The van der Waals surface area contributed by atoms with Crippen LogP contribution in [0.5, 0.6) is 0 Å². The molecule has 0 radical (unpaired) electrons. The number of aryl methyl sites for hydroxylation is 4. The number of nitrogens with one attached hydrogen (secondary N) is 3. The predicted molar refractivity (Wildman–Crippen MR) is 586 cm³/mol. The third kappa shape index (κ3) is 33.3. The Kier molecular flexibility index (Phi) is 43.7. The number of alkyl halides is 1. The van der Waals surface area contributed by atoms with Crippen LogP contribution in [-0.4, -0.2) is 100 Å². The highest BCUT2D eigenvalue weighted by Crippen LogP contribution is 2.33. The SMILES string of the molecule is CCOC(=N)CCn1cc(-c2ccc(F)cc2)n(-c2ccc(Cl)cc2)c1=S.Fc1ccc(-c2c[nH]c(=S)n2-c2ccc(Cl)cc2)cc1.Fc1ccc(-c2cn(CCc3nc4ccccc4[nH]3)c(=S)n2-c2ccc(Cl)cc2)cc1.N#CCCn1cc(-c2ccc(F)cc2)n(-c2ccc(Cl)cc2)c1=S.NCC(=O)c1ccc(F)cc1.O=C(CBr)c1ccc(F)cc1.S=C=Nc1ccc(Cl)cc1.[N-]=[N+]=NCC(=O)c1ccc(F)cc1. The number of para-hydroxylation sites is 2. The number of ether oxygens (including phenoxy) is 1. The van der Waals surface area contributed by atoms with E-state index in [1.807, 2.05) is 149 Å². The number of carbonyl (C=O) groups is 3. The molecule has 21 nitrogen and oxygen atoms in total. The Hall–Kier alpha value is -14.5. The number of nitrogens with two attached hydrogens (primary N) is 1. The highest BCUT2D eigenvalue weighted by atomic mass is 79.9. The van der Waals surface area contributed by atoms with E-state index in [2.05, 4.69) is 69.3 Å². The quantitative estimate of drug-likeness (QED) is 0.00479. The minimum absolute atomic E-state index is 0.0361. The fraction of sp³-hybridized carbons (Fsp3) is 0.102. The number of aromatic nitrogens is 10. The summed E-state index contributed by atoms with van der Waals surface area (Å²) in [7, 11) is 0. The maximum absolute atomic E-state index is 13.5. The summed E-state index contributed by atoms with van der Waals surface area (Å²) in [5.41, 5.74) is 27.5. The smallest absolute Gasteiger partial charge is 0.185 e. The topological polar surface area (TPSA) is 274 Å². The third-order valence-electron chi connectivity index (χ3n) is 21.0. The molecule has 0 saturated carbocycles. The van der Waals surface area contributed by atoms with Gasteiger partial charge in [0.1, 0.15) is 46.5 Å². The normalized spacial score (nSPS) is 10.4. The summed E-state index contributed by atoms with van der Waals surface area (Å²) in [6.07, 6.45) is 9.13. The van der Waals surface area contributed by atoms with Gasteiger partial charge in [-0.15, -0.1) is 0 Å². The van der Waals surface area contributed by atoms with E-state index in [1.54, 1.807) is 109 Å². The number of Topliss-reactive ketones (excluding diaryl/α,β-unsaturated/α-hetero) is 3. The van der Waals surface area contributed by atoms with Crippen LogP contribution < -0.4 is 5.73 Å². The summed E-state index contributed by atoms with van der Waals surface area (Å²) in [6.45, 7) is 3.73. The molecule has 18 rings (SSSR count). The molecule has 0 fully saturated rings. The molecule has 18 aromatic rings. The zero-order valence-electron chi connectivity index (χ0n) is 77.4. The van der Waals surface area contributed by atoms with Crippen molar-refractivity contribution in [1.29, 1.82) is 10.7 Å². The number of hydrogen-bond acceptors (Lipinski definition) is 15. The number of imidazole rings is 5. The Labute approximate surface area is 898 Å². The van der Waals surface area contributed by atoms with Crippen molar-refractivity contribution in [1.82, 2.24) is 46.9 Å². The first kappa shape index (κ1) is 113.